The highest BCUT2D eigenvalue weighted by molar-refractivity contribution is 7.10. The van der Waals surface area contributed by atoms with Gasteiger partial charge in [0.1, 0.15) is 5.75 Å². The lowest BCUT2D eigenvalue weighted by Crippen LogP contribution is -2.34. The summed E-state index contributed by atoms with van der Waals surface area (Å²) in [6, 6.07) is 9.34. The fourth-order valence-electron chi connectivity index (χ4n) is 2.38. The molecule has 0 radical (unpaired) electrons. The highest BCUT2D eigenvalue weighted by Gasteiger charge is 2.19. The second-order valence-corrected chi connectivity index (χ2v) is 5.79. The first-order chi connectivity index (χ1) is 9.72. The number of carbonyl (C=O) groups excluding carboxylic acids is 1. The maximum atomic E-state index is 12.2. The van der Waals surface area contributed by atoms with E-state index in [1.807, 2.05) is 34.6 Å². The molecule has 1 aromatic heterocycles. The Kier molecular flexibility index (Phi) is 3.56. The van der Waals surface area contributed by atoms with Gasteiger partial charge in [-0.05, 0) is 47.2 Å². The lowest BCUT2D eigenvalue weighted by molar-refractivity contribution is -0.126. The van der Waals surface area contributed by atoms with Crippen molar-refractivity contribution in [2.45, 2.75) is 13.0 Å². The zero-order chi connectivity index (χ0) is 13.9. The molecule has 4 heteroatoms. The Balaban J connectivity index is 1.71. The summed E-state index contributed by atoms with van der Waals surface area (Å²) in [5.41, 5.74) is 2.25. The Bertz CT molecular complexity index is 647. The molecule has 0 unspecified atom stereocenters. The molecule has 2 heterocycles. The fraction of sp³-hybridized carbons (Fsp3) is 0.188. The van der Waals surface area contributed by atoms with Gasteiger partial charge in [-0.15, -0.1) is 11.3 Å². The van der Waals surface area contributed by atoms with Crippen LogP contribution >= 0.6 is 11.3 Å². The van der Waals surface area contributed by atoms with Crippen LogP contribution in [0.1, 0.15) is 16.0 Å². The summed E-state index contributed by atoms with van der Waals surface area (Å²) < 4.78 is 0. The van der Waals surface area contributed by atoms with E-state index >= 15 is 0 Å². The number of nitrogens with zero attached hydrogens (tertiary/aromatic N) is 1. The van der Waals surface area contributed by atoms with E-state index in [9.17, 15) is 9.90 Å². The van der Waals surface area contributed by atoms with Crippen molar-refractivity contribution >= 4 is 23.3 Å². The van der Waals surface area contributed by atoms with Crippen molar-refractivity contribution < 1.29 is 9.90 Å². The minimum Gasteiger partial charge on any atom is -0.508 e. The van der Waals surface area contributed by atoms with Crippen LogP contribution in [-0.4, -0.2) is 22.5 Å². The zero-order valence-electron chi connectivity index (χ0n) is 11.0. The van der Waals surface area contributed by atoms with Gasteiger partial charge >= 0.3 is 0 Å². The highest BCUT2D eigenvalue weighted by Crippen LogP contribution is 2.23. The number of hydrogen-bond acceptors (Lipinski definition) is 3. The van der Waals surface area contributed by atoms with Gasteiger partial charge in [0.05, 0.1) is 0 Å². The van der Waals surface area contributed by atoms with Crippen molar-refractivity contribution in [1.29, 1.82) is 0 Å². The SMILES string of the molecule is O=C(/C=C/c1cccs1)N1CCc2ccc(O)cc2C1. The topological polar surface area (TPSA) is 40.5 Å². The standard InChI is InChI=1S/C16H15NO2S/c18-14-4-3-12-7-8-17(11-13(12)10-14)16(19)6-5-15-2-1-9-20-15/h1-6,9-10,18H,7-8,11H2/b6-5+. The lowest BCUT2D eigenvalue weighted by Gasteiger charge is -2.28. The molecule has 3 rings (SSSR count). The van der Waals surface area contributed by atoms with Crippen molar-refractivity contribution in [2.24, 2.45) is 0 Å². The van der Waals surface area contributed by atoms with Gasteiger partial charge in [0.25, 0.3) is 0 Å². The van der Waals surface area contributed by atoms with Gasteiger partial charge in [0, 0.05) is 24.0 Å². The Hall–Kier alpha value is -2.07. The van der Waals surface area contributed by atoms with Gasteiger partial charge in [-0.3, -0.25) is 4.79 Å². The monoisotopic (exact) mass is 285 g/mol. The summed E-state index contributed by atoms with van der Waals surface area (Å²) in [5.74, 6) is 0.277. The number of hydrogen-bond donors (Lipinski definition) is 1. The summed E-state index contributed by atoms with van der Waals surface area (Å²) in [6.07, 6.45) is 4.32. The molecule has 1 aliphatic rings. The maximum absolute atomic E-state index is 12.2. The van der Waals surface area contributed by atoms with Crippen LogP contribution in [0, 0.1) is 0 Å². The molecular weight excluding hydrogens is 270 g/mol. The molecule has 102 valence electrons. The first-order valence-corrected chi connectivity index (χ1v) is 7.41. The molecule has 0 fully saturated rings. The number of fused-ring (bicyclic) bond motifs is 1. The number of aromatic hydroxyl groups is 1. The van der Waals surface area contributed by atoms with Crippen molar-refractivity contribution in [3.8, 4) is 5.75 Å². The molecule has 1 aliphatic heterocycles. The van der Waals surface area contributed by atoms with E-state index in [0.717, 1.165) is 23.4 Å². The number of phenols is 1. The van der Waals surface area contributed by atoms with Crippen LogP contribution in [0.5, 0.6) is 5.75 Å². The van der Waals surface area contributed by atoms with Gasteiger partial charge in [-0.25, -0.2) is 0 Å². The average molecular weight is 285 g/mol. The summed E-state index contributed by atoms with van der Waals surface area (Å²) in [6.45, 7) is 1.29. The Morgan fingerprint density at radius 1 is 1.30 bits per heavy atom. The lowest BCUT2D eigenvalue weighted by atomic mass is 9.99. The average Bonchev–Trinajstić information content (AvgIpc) is 2.97. The molecule has 0 bridgehead atoms. The third-order valence-corrected chi connectivity index (χ3v) is 4.28. The third-order valence-electron chi connectivity index (χ3n) is 3.45. The van der Waals surface area contributed by atoms with E-state index in [1.54, 1.807) is 29.5 Å². The van der Waals surface area contributed by atoms with Crippen LogP contribution in [0.25, 0.3) is 6.08 Å². The number of carbonyl (C=O) groups is 1. The second-order valence-electron chi connectivity index (χ2n) is 4.81. The van der Waals surface area contributed by atoms with E-state index in [-0.39, 0.29) is 11.7 Å². The molecule has 20 heavy (non-hydrogen) atoms. The van der Waals surface area contributed by atoms with Gasteiger partial charge in [-0.1, -0.05) is 12.1 Å². The predicted octanol–water partition coefficient (Wildman–Crippen LogP) is 3.05. The van der Waals surface area contributed by atoms with Crippen molar-refractivity contribution in [3.63, 3.8) is 0 Å². The molecule has 1 N–H and O–H groups in total. The van der Waals surface area contributed by atoms with Crippen LogP contribution in [0.15, 0.2) is 41.8 Å². The van der Waals surface area contributed by atoms with Crippen molar-refractivity contribution in [3.05, 3.63) is 57.8 Å². The largest absolute Gasteiger partial charge is 0.508 e. The molecule has 1 aromatic carbocycles. The van der Waals surface area contributed by atoms with Crippen molar-refractivity contribution in [2.75, 3.05) is 6.54 Å². The zero-order valence-corrected chi connectivity index (χ0v) is 11.8. The maximum Gasteiger partial charge on any atom is 0.246 e. The number of rotatable bonds is 2. The Morgan fingerprint density at radius 3 is 3.00 bits per heavy atom. The summed E-state index contributed by atoms with van der Waals surface area (Å²) in [5, 5.41) is 11.5. The fourth-order valence-corrected chi connectivity index (χ4v) is 2.99. The molecule has 2 aromatic rings. The Morgan fingerprint density at radius 2 is 2.20 bits per heavy atom. The number of amides is 1. The summed E-state index contributed by atoms with van der Waals surface area (Å²) in [4.78, 5) is 15.1. The first-order valence-electron chi connectivity index (χ1n) is 6.53. The minimum absolute atomic E-state index is 0.0207. The predicted molar refractivity (Wildman–Crippen MR) is 80.6 cm³/mol. The number of phenolic OH excluding ortho intramolecular Hbond substituents is 1. The molecule has 1 amide bonds. The van der Waals surface area contributed by atoms with E-state index in [1.165, 1.54) is 5.56 Å². The number of benzene rings is 1. The van der Waals surface area contributed by atoms with Crippen LogP contribution in [-0.2, 0) is 17.8 Å². The molecule has 3 nitrogen and oxygen atoms in total. The quantitative estimate of drug-likeness (QED) is 0.862. The summed E-state index contributed by atoms with van der Waals surface area (Å²) in [7, 11) is 0. The van der Waals surface area contributed by atoms with Crippen molar-refractivity contribution in [1.82, 2.24) is 4.90 Å². The van der Waals surface area contributed by atoms with Gasteiger partial charge in [0.2, 0.25) is 5.91 Å². The minimum atomic E-state index is 0.0207. The first kappa shape index (κ1) is 12.9. The second kappa shape index (κ2) is 5.51. The normalized spacial score (nSPS) is 14.5. The Labute approximate surface area is 121 Å². The van der Waals surface area contributed by atoms with Gasteiger partial charge in [0.15, 0.2) is 0 Å². The summed E-state index contributed by atoms with van der Waals surface area (Å²) >= 11 is 1.61. The smallest absolute Gasteiger partial charge is 0.246 e. The molecule has 0 saturated carbocycles. The van der Waals surface area contributed by atoms with Crippen LogP contribution < -0.4 is 0 Å². The van der Waals surface area contributed by atoms with E-state index < -0.39 is 0 Å². The van der Waals surface area contributed by atoms with Gasteiger partial charge < -0.3 is 10.0 Å². The van der Waals surface area contributed by atoms with Crippen LogP contribution in [0.4, 0.5) is 0 Å². The third kappa shape index (κ3) is 2.75. The molecule has 0 atom stereocenters. The number of thiophene rings is 1. The van der Waals surface area contributed by atoms with E-state index in [2.05, 4.69) is 0 Å². The molecule has 0 aliphatic carbocycles. The van der Waals surface area contributed by atoms with Crippen LogP contribution in [0.2, 0.25) is 0 Å². The van der Waals surface area contributed by atoms with E-state index in [0.29, 0.717) is 6.54 Å². The highest BCUT2D eigenvalue weighted by atomic mass is 32.1. The van der Waals surface area contributed by atoms with E-state index in [4.69, 9.17) is 0 Å². The van der Waals surface area contributed by atoms with Gasteiger partial charge in [-0.2, -0.15) is 0 Å². The molecular formula is C16H15NO2S. The molecule has 0 spiro atoms. The molecule has 0 saturated heterocycles. The van der Waals surface area contributed by atoms with Crippen LogP contribution in [0.3, 0.4) is 0 Å².